The largest absolute Gasteiger partial charge is 0.493 e. The van der Waals surface area contributed by atoms with Crippen LogP contribution in [-0.2, 0) is 16.1 Å². The van der Waals surface area contributed by atoms with Gasteiger partial charge in [0.1, 0.15) is 6.61 Å². The summed E-state index contributed by atoms with van der Waals surface area (Å²) in [5, 5.41) is 17.4. The molecule has 186 valence electrons. The van der Waals surface area contributed by atoms with Gasteiger partial charge in [-0.15, -0.1) is 0 Å². The molecule has 0 fully saturated rings. The first-order valence-corrected chi connectivity index (χ1v) is 11.3. The van der Waals surface area contributed by atoms with E-state index in [0.717, 1.165) is 11.1 Å². The molecule has 0 spiro atoms. The molecule has 2 aromatic rings. The Bertz CT molecular complexity index is 1160. The Morgan fingerprint density at radius 3 is 2.57 bits per heavy atom. The van der Waals surface area contributed by atoms with E-state index >= 15 is 0 Å². The minimum Gasteiger partial charge on any atom is -0.493 e. The van der Waals surface area contributed by atoms with Crippen molar-refractivity contribution in [1.29, 1.82) is 0 Å². The molecule has 2 aromatic carbocycles. The number of benzene rings is 2. The number of allylic oxidation sites excluding steroid dienone is 1. The van der Waals surface area contributed by atoms with Crippen molar-refractivity contribution in [2.75, 3.05) is 13.7 Å². The van der Waals surface area contributed by atoms with Crippen molar-refractivity contribution in [2.24, 2.45) is 0 Å². The van der Waals surface area contributed by atoms with Crippen LogP contribution < -0.4 is 20.1 Å². The number of carbonyl (C=O) groups excluding carboxylic acids is 2. The lowest BCUT2D eigenvalue weighted by Crippen LogP contribution is -2.46. The van der Waals surface area contributed by atoms with Gasteiger partial charge >= 0.3 is 17.7 Å². The first-order valence-electron chi connectivity index (χ1n) is 11.3. The molecule has 0 aromatic heterocycles. The van der Waals surface area contributed by atoms with Gasteiger partial charge in [-0.1, -0.05) is 37.6 Å². The smallest absolute Gasteiger partial charge is 0.338 e. The van der Waals surface area contributed by atoms with Gasteiger partial charge in [0.15, 0.2) is 5.75 Å². The molecule has 10 nitrogen and oxygen atoms in total. The van der Waals surface area contributed by atoms with Gasteiger partial charge in [0, 0.05) is 11.8 Å². The molecule has 1 unspecified atom stereocenters. The van der Waals surface area contributed by atoms with Crippen molar-refractivity contribution in [1.82, 2.24) is 10.6 Å². The average Bonchev–Trinajstić information content (AvgIpc) is 2.83. The van der Waals surface area contributed by atoms with Crippen molar-refractivity contribution >= 4 is 17.7 Å². The fraction of sp³-hybridized carbons (Fsp3) is 0.360. The highest BCUT2D eigenvalue weighted by molar-refractivity contribution is 5.95. The SMILES string of the molecule is CCCC1=C(C(=O)OCC)C(c2cc(OC)c(OCc3ccccc3C)c([N+](=O)[O-])c2)NC(=O)N1. The molecule has 0 bridgehead atoms. The van der Waals surface area contributed by atoms with Gasteiger partial charge in [0.25, 0.3) is 0 Å². The van der Waals surface area contributed by atoms with Gasteiger partial charge in [0.2, 0.25) is 5.75 Å². The number of esters is 1. The molecule has 3 rings (SSSR count). The predicted octanol–water partition coefficient (Wildman–Crippen LogP) is 4.46. The standard InChI is InChI=1S/C25H29N3O7/c1-5-9-18-21(24(29)34-6-2)22(27-25(30)26-18)17-12-19(28(31)32)23(20(13-17)33-4)35-14-16-11-8-7-10-15(16)3/h7-8,10-13,22H,5-6,9,14H2,1-4H3,(H2,26,27,30). The monoisotopic (exact) mass is 483 g/mol. The molecule has 1 heterocycles. The lowest BCUT2D eigenvalue weighted by molar-refractivity contribution is -0.386. The van der Waals surface area contributed by atoms with Gasteiger partial charge in [-0.3, -0.25) is 10.1 Å². The number of aryl methyl sites for hydroxylation is 1. The normalized spacial score (nSPS) is 15.2. The maximum Gasteiger partial charge on any atom is 0.338 e. The Balaban J connectivity index is 2.09. The van der Waals surface area contributed by atoms with E-state index in [9.17, 15) is 19.7 Å². The fourth-order valence-electron chi connectivity index (χ4n) is 3.89. The number of rotatable bonds is 10. The number of nitrogens with zero attached hydrogens (tertiary/aromatic N) is 1. The van der Waals surface area contributed by atoms with Gasteiger partial charge in [0.05, 0.1) is 30.3 Å². The number of methoxy groups -OCH3 is 1. The summed E-state index contributed by atoms with van der Waals surface area (Å²) in [6.07, 6.45) is 1.09. The number of ether oxygens (including phenoxy) is 3. The number of hydrogen-bond acceptors (Lipinski definition) is 7. The van der Waals surface area contributed by atoms with Crippen molar-refractivity contribution in [2.45, 2.75) is 46.3 Å². The van der Waals surface area contributed by atoms with E-state index in [4.69, 9.17) is 14.2 Å². The van der Waals surface area contributed by atoms with Crippen LogP contribution in [0, 0.1) is 17.0 Å². The number of nitro groups is 1. The van der Waals surface area contributed by atoms with Crippen LogP contribution in [0.3, 0.4) is 0 Å². The van der Waals surface area contributed by atoms with Crippen LogP contribution in [0.2, 0.25) is 0 Å². The van der Waals surface area contributed by atoms with Crippen LogP contribution in [-0.4, -0.2) is 30.6 Å². The van der Waals surface area contributed by atoms with Crippen molar-refractivity contribution in [3.63, 3.8) is 0 Å². The third-order valence-corrected chi connectivity index (χ3v) is 5.59. The molecule has 2 N–H and O–H groups in total. The molecule has 0 saturated carbocycles. The highest BCUT2D eigenvalue weighted by Crippen LogP contribution is 2.42. The third kappa shape index (κ3) is 5.71. The number of nitrogens with one attached hydrogen (secondary N) is 2. The molecule has 0 saturated heterocycles. The molecule has 35 heavy (non-hydrogen) atoms. The Morgan fingerprint density at radius 2 is 1.94 bits per heavy atom. The summed E-state index contributed by atoms with van der Waals surface area (Å²) in [6.45, 7) is 5.74. The third-order valence-electron chi connectivity index (χ3n) is 5.59. The lowest BCUT2D eigenvalue weighted by Gasteiger charge is -2.29. The Morgan fingerprint density at radius 1 is 1.20 bits per heavy atom. The summed E-state index contributed by atoms with van der Waals surface area (Å²) in [6, 6.07) is 8.87. The zero-order valence-corrected chi connectivity index (χ0v) is 20.2. The minimum atomic E-state index is -0.970. The van der Waals surface area contributed by atoms with E-state index in [0.29, 0.717) is 24.1 Å². The van der Waals surface area contributed by atoms with E-state index in [1.54, 1.807) is 6.92 Å². The molecule has 1 aliphatic rings. The Kier molecular flexibility index (Phi) is 8.30. The Hall–Kier alpha value is -4.08. The van der Waals surface area contributed by atoms with E-state index in [1.165, 1.54) is 19.2 Å². The van der Waals surface area contributed by atoms with Gasteiger partial charge in [-0.05, 0) is 43.0 Å². The van der Waals surface area contributed by atoms with Crippen LogP contribution in [0.25, 0.3) is 0 Å². The van der Waals surface area contributed by atoms with Crippen LogP contribution in [0.5, 0.6) is 11.5 Å². The molecule has 10 heteroatoms. The molecule has 0 radical (unpaired) electrons. The number of urea groups is 1. The van der Waals surface area contributed by atoms with E-state index in [2.05, 4.69) is 10.6 Å². The van der Waals surface area contributed by atoms with Crippen molar-refractivity contribution in [3.8, 4) is 11.5 Å². The quantitative estimate of drug-likeness (QED) is 0.290. The topological polar surface area (TPSA) is 129 Å². The fourth-order valence-corrected chi connectivity index (χ4v) is 3.89. The van der Waals surface area contributed by atoms with Crippen molar-refractivity contribution in [3.05, 3.63) is 74.5 Å². The summed E-state index contributed by atoms with van der Waals surface area (Å²) in [7, 11) is 1.37. The predicted molar refractivity (Wildman–Crippen MR) is 128 cm³/mol. The summed E-state index contributed by atoms with van der Waals surface area (Å²) < 4.78 is 16.5. The van der Waals surface area contributed by atoms with Crippen LogP contribution in [0.15, 0.2) is 47.7 Å². The second kappa shape index (κ2) is 11.4. The number of carbonyl (C=O) groups is 2. The summed E-state index contributed by atoms with van der Waals surface area (Å²) in [4.78, 5) is 36.7. The second-order valence-corrected chi connectivity index (χ2v) is 7.94. The maximum absolute atomic E-state index is 12.8. The van der Waals surface area contributed by atoms with E-state index < -0.39 is 23.0 Å². The molecule has 2 amide bonds. The summed E-state index contributed by atoms with van der Waals surface area (Å²) in [5.41, 5.74) is 2.41. The zero-order chi connectivity index (χ0) is 25.5. The number of amides is 2. The van der Waals surface area contributed by atoms with Gasteiger partial charge < -0.3 is 24.8 Å². The lowest BCUT2D eigenvalue weighted by atomic mass is 9.93. The summed E-state index contributed by atoms with van der Waals surface area (Å²) >= 11 is 0. The highest BCUT2D eigenvalue weighted by atomic mass is 16.6. The number of hydrogen-bond donors (Lipinski definition) is 2. The number of nitro benzene ring substituents is 1. The molecular formula is C25H29N3O7. The molecule has 0 aliphatic carbocycles. The van der Waals surface area contributed by atoms with E-state index in [-0.39, 0.29) is 36.0 Å². The first kappa shape index (κ1) is 25.5. The first-order chi connectivity index (χ1) is 16.8. The van der Waals surface area contributed by atoms with Crippen LogP contribution in [0.4, 0.5) is 10.5 Å². The second-order valence-electron chi connectivity index (χ2n) is 7.94. The maximum atomic E-state index is 12.8. The zero-order valence-electron chi connectivity index (χ0n) is 20.2. The molecule has 1 aliphatic heterocycles. The van der Waals surface area contributed by atoms with Gasteiger partial charge in [-0.2, -0.15) is 0 Å². The van der Waals surface area contributed by atoms with Crippen LogP contribution >= 0.6 is 0 Å². The molecular weight excluding hydrogens is 454 g/mol. The average molecular weight is 484 g/mol. The summed E-state index contributed by atoms with van der Waals surface area (Å²) in [5.74, 6) is -0.550. The van der Waals surface area contributed by atoms with Gasteiger partial charge in [-0.25, -0.2) is 9.59 Å². The molecule has 1 atom stereocenters. The minimum absolute atomic E-state index is 0.0415. The van der Waals surface area contributed by atoms with E-state index in [1.807, 2.05) is 38.1 Å². The van der Waals surface area contributed by atoms with Crippen LogP contribution in [0.1, 0.15) is 49.4 Å². The van der Waals surface area contributed by atoms with Crippen molar-refractivity contribution < 1.29 is 28.7 Å². The highest BCUT2D eigenvalue weighted by Gasteiger charge is 2.35. The Labute approximate surface area is 203 Å².